The van der Waals surface area contributed by atoms with E-state index in [0.717, 1.165) is 5.56 Å². The number of hydrogen-bond acceptors (Lipinski definition) is 1. The Balaban J connectivity index is 0.00000529. The Labute approximate surface area is 159 Å². The summed E-state index contributed by atoms with van der Waals surface area (Å²) in [5, 5.41) is 5.71. The number of hydrogen-bond donors (Lipinski definition) is 2. The van der Waals surface area contributed by atoms with Gasteiger partial charge in [-0.1, -0.05) is 43.7 Å². The van der Waals surface area contributed by atoms with Gasteiger partial charge in [0.25, 0.3) is 0 Å². The topological polar surface area (TPSA) is 36.4 Å². The van der Waals surface area contributed by atoms with Crippen LogP contribution in [-0.2, 0) is 5.41 Å². The monoisotopic (exact) mass is 457 g/mol. The Bertz CT molecular complexity index is 528. The van der Waals surface area contributed by atoms with Gasteiger partial charge in [-0.2, -0.15) is 13.2 Å². The van der Waals surface area contributed by atoms with Crippen LogP contribution in [0.2, 0.25) is 0 Å². The lowest BCUT2D eigenvalue weighted by atomic mass is 9.84. The van der Waals surface area contributed by atoms with Gasteiger partial charge in [0.15, 0.2) is 5.96 Å². The van der Waals surface area contributed by atoms with E-state index >= 15 is 0 Å². The number of guanidine groups is 1. The summed E-state index contributed by atoms with van der Waals surface area (Å²) in [5.41, 5.74) is 2.14. The van der Waals surface area contributed by atoms with Gasteiger partial charge < -0.3 is 10.6 Å². The Hall–Kier alpha value is -0.990. The zero-order valence-electron chi connectivity index (χ0n) is 14.6. The molecule has 7 heteroatoms. The minimum Gasteiger partial charge on any atom is -0.357 e. The Kier molecular flexibility index (Phi) is 9.69. The van der Waals surface area contributed by atoms with Crippen LogP contribution in [-0.4, -0.2) is 31.8 Å². The van der Waals surface area contributed by atoms with Crippen LogP contribution < -0.4 is 10.6 Å². The van der Waals surface area contributed by atoms with Crippen LogP contribution in [0.3, 0.4) is 0 Å². The lowest BCUT2D eigenvalue weighted by molar-refractivity contribution is -0.132. The molecule has 1 aromatic carbocycles. The summed E-state index contributed by atoms with van der Waals surface area (Å²) < 4.78 is 36.7. The molecule has 0 bridgehead atoms. The van der Waals surface area contributed by atoms with Gasteiger partial charge in [-0.3, -0.25) is 4.99 Å². The number of alkyl halides is 3. The molecule has 0 amide bonds. The summed E-state index contributed by atoms with van der Waals surface area (Å²) in [6.45, 7) is 8.97. The number of halogens is 4. The summed E-state index contributed by atoms with van der Waals surface area (Å²) in [6.07, 6.45) is -5.04. The van der Waals surface area contributed by atoms with Crippen molar-refractivity contribution in [2.24, 2.45) is 4.99 Å². The van der Waals surface area contributed by atoms with Gasteiger partial charge in [-0.15, -0.1) is 24.0 Å². The van der Waals surface area contributed by atoms with Gasteiger partial charge in [-0.05, 0) is 19.4 Å². The zero-order chi connectivity index (χ0) is 17.5. The molecule has 0 unspecified atom stereocenters. The van der Waals surface area contributed by atoms with Gasteiger partial charge in [0, 0.05) is 18.5 Å². The van der Waals surface area contributed by atoms with E-state index in [1.165, 1.54) is 5.56 Å². The van der Waals surface area contributed by atoms with E-state index in [9.17, 15) is 13.2 Å². The van der Waals surface area contributed by atoms with Gasteiger partial charge in [0.2, 0.25) is 0 Å². The first-order chi connectivity index (χ1) is 10.6. The average Bonchev–Trinajstić information content (AvgIpc) is 2.43. The molecule has 0 radical (unpaired) electrons. The van der Waals surface area contributed by atoms with Crippen molar-refractivity contribution in [3.05, 3.63) is 35.4 Å². The summed E-state index contributed by atoms with van der Waals surface area (Å²) in [4.78, 5) is 4.44. The van der Waals surface area contributed by atoms with Crippen molar-refractivity contribution in [1.29, 1.82) is 0 Å². The Morgan fingerprint density at radius 2 is 1.83 bits per heavy atom. The third kappa shape index (κ3) is 8.75. The van der Waals surface area contributed by atoms with Gasteiger partial charge in [0.1, 0.15) is 0 Å². The molecule has 0 heterocycles. The van der Waals surface area contributed by atoms with E-state index in [0.29, 0.717) is 19.0 Å². The average molecular weight is 457 g/mol. The fraction of sp³-hybridized carbons (Fsp3) is 0.588. The second-order valence-electron chi connectivity index (χ2n) is 6.24. The quantitative estimate of drug-likeness (QED) is 0.378. The fourth-order valence-electron chi connectivity index (χ4n) is 2.10. The zero-order valence-corrected chi connectivity index (χ0v) is 17.0. The number of aryl methyl sites for hydroxylation is 1. The SMILES string of the molecule is CCNC(=NCC(C)(C)c1cccc(C)c1)NCCC(F)(F)F.I. The van der Waals surface area contributed by atoms with Crippen molar-refractivity contribution in [1.82, 2.24) is 10.6 Å². The fourth-order valence-corrected chi connectivity index (χ4v) is 2.10. The summed E-state index contributed by atoms with van der Waals surface area (Å²) >= 11 is 0. The first-order valence-corrected chi connectivity index (χ1v) is 7.80. The van der Waals surface area contributed by atoms with Crippen molar-refractivity contribution >= 4 is 29.9 Å². The molecule has 0 saturated heterocycles. The van der Waals surface area contributed by atoms with E-state index < -0.39 is 12.6 Å². The maximum atomic E-state index is 12.2. The predicted molar refractivity (Wildman–Crippen MR) is 104 cm³/mol. The Morgan fingerprint density at radius 3 is 2.38 bits per heavy atom. The molecule has 0 fully saturated rings. The number of nitrogens with one attached hydrogen (secondary N) is 2. The van der Waals surface area contributed by atoms with Crippen LogP contribution in [0.25, 0.3) is 0 Å². The first-order valence-electron chi connectivity index (χ1n) is 7.80. The van der Waals surface area contributed by atoms with E-state index in [1.807, 2.05) is 32.0 Å². The second kappa shape index (κ2) is 10.1. The lowest BCUT2D eigenvalue weighted by Gasteiger charge is -2.24. The molecule has 138 valence electrons. The normalized spacial score (nSPS) is 12.5. The molecular weight excluding hydrogens is 430 g/mol. The van der Waals surface area contributed by atoms with E-state index in [1.54, 1.807) is 0 Å². The predicted octanol–water partition coefficient (Wildman–Crippen LogP) is 4.40. The Morgan fingerprint density at radius 1 is 1.17 bits per heavy atom. The van der Waals surface area contributed by atoms with Gasteiger partial charge >= 0.3 is 6.18 Å². The van der Waals surface area contributed by atoms with Crippen LogP contribution in [0.4, 0.5) is 13.2 Å². The minimum atomic E-state index is -4.16. The molecule has 0 aliphatic heterocycles. The molecule has 0 spiro atoms. The molecule has 0 aliphatic rings. The smallest absolute Gasteiger partial charge is 0.357 e. The molecule has 1 aromatic rings. The highest BCUT2D eigenvalue weighted by Crippen LogP contribution is 2.24. The van der Waals surface area contributed by atoms with Crippen molar-refractivity contribution in [3.8, 4) is 0 Å². The summed E-state index contributed by atoms with van der Waals surface area (Å²) in [7, 11) is 0. The highest BCUT2D eigenvalue weighted by Gasteiger charge is 2.26. The van der Waals surface area contributed by atoms with Crippen molar-refractivity contribution in [2.75, 3.05) is 19.6 Å². The van der Waals surface area contributed by atoms with Gasteiger partial charge in [-0.25, -0.2) is 0 Å². The van der Waals surface area contributed by atoms with E-state index in [4.69, 9.17) is 0 Å². The largest absolute Gasteiger partial charge is 0.390 e. The van der Waals surface area contributed by atoms with Crippen LogP contribution >= 0.6 is 24.0 Å². The second-order valence-corrected chi connectivity index (χ2v) is 6.24. The van der Waals surface area contributed by atoms with E-state index in [-0.39, 0.29) is 35.9 Å². The maximum Gasteiger partial charge on any atom is 0.390 e. The van der Waals surface area contributed by atoms with Crippen LogP contribution in [0, 0.1) is 6.92 Å². The number of aliphatic imine (C=N–C) groups is 1. The summed E-state index contributed by atoms with van der Waals surface area (Å²) in [6, 6.07) is 8.20. The lowest BCUT2D eigenvalue weighted by Crippen LogP contribution is -2.40. The molecule has 0 aromatic heterocycles. The van der Waals surface area contributed by atoms with Crippen molar-refractivity contribution < 1.29 is 13.2 Å². The molecule has 0 saturated carbocycles. The van der Waals surface area contributed by atoms with Crippen molar-refractivity contribution in [3.63, 3.8) is 0 Å². The molecule has 0 aliphatic carbocycles. The molecule has 0 atom stereocenters. The highest BCUT2D eigenvalue weighted by molar-refractivity contribution is 14.0. The molecular formula is C17H27F3IN3. The molecule has 1 rings (SSSR count). The van der Waals surface area contributed by atoms with Crippen LogP contribution in [0.15, 0.2) is 29.3 Å². The maximum absolute atomic E-state index is 12.2. The van der Waals surface area contributed by atoms with E-state index in [2.05, 4.69) is 35.5 Å². The molecule has 3 nitrogen and oxygen atoms in total. The third-order valence-electron chi connectivity index (χ3n) is 3.48. The number of benzene rings is 1. The highest BCUT2D eigenvalue weighted by atomic mass is 127. The molecule has 24 heavy (non-hydrogen) atoms. The van der Waals surface area contributed by atoms with Gasteiger partial charge in [0.05, 0.1) is 13.0 Å². The van der Waals surface area contributed by atoms with Crippen molar-refractivity contribution in [2.45, 2.75) is 45.7 Å². The standard InChI is InChI=1S/C17H26F3N3.HI/c1-5-21-15(22-10-9-17(18,19)20)23-12-16(3,4)14-8-6-7-13(2)11-14;/h6-8,11H,5,9-10,12H2,1-4H3,(H2,21,22,23);1H. The number of nitrogens with zero attached hydrogens (tertiary/aromatic N) is 1. The minimum absolute atomic E-state index is 0. The third-order valence-corrected chi connectivity index (χ3v) is 3.48. The van der Waals surface area contributed by atoms with Crippen LogP contribution in [0.5, 0.6) is 0 Å². The van der Waals surface area contributed by atoms with Crippen LogP contribution in [0.1, 0.15) is 38.3 Å². The molecule has 2 N–H and O–H groups in total. The first kappa shape index (κ1) is 23.0. The number of rotatable bonds is 6. The summed E-state index contributed by atoms with van der Waals surface area (Å²) in [5.74, 6) is 0.414.